The van der Waals surface area contributed by atoms with Crippen molar-refractivity contribution >= 4 is 25.2 Å². The van der Waals surface area contributed by atoms with E-state index in [0.29, 0.717) is 47.4 Å². The molecule has 30 heavy (non-hydrogen) atoms. The maximum atomic E-state index is 13.6. The number of pyridine rings is 1. The highest BCUT2D eigenvalue weighted by Crippen LogP contribution is 2.29. The molecule has 3 heterocycles. The second-order valence-electron chi connectivity index (χ2n) is 8.01. The quantitative estimate of drug-likeness (QED) is 0.306. The first kappa shape index (κ1) is 24.1. The van der Waals surface area contributed by atoms with Crippen molar-refractivity contribution in [1.82, 2.24) is 19.9 Å². The standard InChI is InChI=1S/C17H21FN5O2P.C4H10/c1-10(2)13-8-22-17(23-16(13)19-4-3-5-26(24)25)14-9-21-15-12(14)6-11(18)7-20-15;1-4(2)3/h6-10,24-25H,3-5H2,1-2H3,(H,20,21)(H,19,22,23);4H,1-3H3. The molecule has 0 saturated heterocycles. The number of fused-ring (bicyclic) bond motifs is 1. The molecule has 0 aromatic carbocycles. The number of rotatable bonds is 7. The van der Waals surface area contributed by atoms with Gasteiger partial charge in [-0.3, -0.25) is 0 Å². The van der Waals surface area contributed by atoms with Gasteiger partial charge in [0.05, 0.1) is 6.20 Å². The molecule has 3 aromatic rings. The summed E-state index contributed by atoms with van der Waals surface area (Å²) in [6.07, 6.45) is 5.62. The number of hydrogen-bond donors (Lipinski definition) is 4. The highest BCUT2D eigenvalue weighted by Gasteiger charge is 2.15. The lowest BCUT2D eigenvalue weighted by Gasteiger charge is -2.14. The molecule has 0 atom stereocenters. The predicted octanol–water partition coefficient (Wildman–Crippen LogP) is 5.04. The van der Waals surface area contributed by atoms with Crippen LogP contribution in [0.25, 0.3) is 22.4 Å². The van der Waals surface area contributed by atoms with Crippen LogP contribution in [-0.2, 0) is 0 Å². The smallest absolute Gasteiger partial charge is 0.164 e. The van der Waals surface area contributed by atoms with Crippen molar-refractivity contribution < 1.29 is 14.2 Å². The minimum atomic E-state index is -1.88. The van der Waals surface area contributed by atoms with Gasteiger partial charge in [0.1, 0.15) is 17.3 Å². The van der Waals surface area contributed by atoms with Crippen LogP contribution in [0.5, 0.6) is 0 Å². The van der Waals surface area contributed by atoms with E-state index >= 15 is 0 Å². The van der Waals surface area contributed by atoms with E-state index in [4.69, 9.17) is 9.79 Å². The van der Waals surface area contributed by atoms with E-state index in [1.807, 2.05) is 0 Å². The molecule has 3 aromatic heterocycles. The van der Waals surface area contributed by atoms with Crippen LogP contribution in [0.3, 0.4) is 0 Å². The molecular formula is C21H31FN5O2P. The number of hydrogen-bond acceptors (Lipinski definition) is 6. The third-order valence-electron chi connectivity index (χ3n) is 4.01. The Balaban J connectivity index is 0.000000735. The van der Waals surface area contributed by atoms with Crippen LogP contribution in [0, 0.1) is 11.7 Å². The molecule has 0 aliphatic heterocycles. The first-order valence-corrected chi connectivity index (χ1v) is 11.5. The fourth-order valence-electron chi connectivity index (χ4n) is 2.68. The maximum Gasteiger partial charge on any atom is 0.164 e. The van der Waals surface area contributed by atoms with Crippen LogP contribution in [0.15, 0.2) is 24.7 Å². The van der Waals surface area contributed by atoms with Gasteiger partial charge in [0.15, 0.2) is 14.2 Å². The molecule has 4 N–H and O–H groups in total. The molecular weight excluding hydrogens is 404 g/mol. The van der Waals surface area contributed by atoms with Gasteiger partial charge in [-0.25, -0.2) is 19.3 Å². The molecule has 9 heteroatoms. The summed E-state index contributed by atoms with van der Waals surface area (Å²) in [5.41, 5.74) is 2.22. The largest absolute Gasteiger partial charge is 0.370 e. The molecule has 7 nitrogen and oxygen atoms in total. The summed E-state index contributed by atoms with van der Waals surface area (Å²) in [6.45, 7) is 11.2. The Bertz CT molecular complexity index is 944. The van der Waals surface area contributed by atoms with Crippen LogP contribution < -0.4 is 5.32 Å². The highest BCUT2D eigenvalue weighted by atomic mass is 31.2. The lowest BCUT2D eigenvalue weighted by molar-refractivity contribution is 0.481. The second kappa shape index (κ2) is 11.3. The molecule has 0 fully saturated rings. The van der Waals surface area contributed by atoms with Gasteiger partial charge in [-0.2, -0.15) is 0 Å². The van der Waals surface area contributed by atoms with Gasteiger partial charge >= 0.3 is 0 Å². The molecule has 0 spiro atoms. The highest BCUT2D eigenvalue weighted by molar-refractivity contribution is 7.45. The number of halogens is 1. The van der Waals surface area contributed by atoms with Crippen molar-refractivity contribution in [3.05, 3.63) is 36.0 Å². The zero-order valence-electron chi connectivity index (χ0n) is 18.1. The summed E-state index contributed by atoms with van der Waals surface area (Å²) in [5.74, 6) is 1.81. The number of H-pyrrole nitrogens is 1. The van der Waals surface area contributed by atoms with Crippen molar-refractivity contribution in [2.24, 2.45) is 5.92 Å². The lowest BCUT2D eigenvalue weighted by atomic mass is 10.1. The second-order valence-corrected chi connectivity index (χ2v) is 9.20. The van der Waals surface area contributed by atoms with Gasteiger partial charge in [-0.05, 0) is 24.3 Å². The zero-order valence-corrected chi connectivity index (χ0v) is 19.0. The minimum Gasteiger partial charge on any atom is -0.370 e. The number of nitrogens with one attached hydrogen (secondary N) is 2. The summed E-state index contributed by atoms with van der Waals surface area (Å²) in [4.78, 5) is 34.1. The number of aromatic amines is 1. The van der Waals surface area contributed by atoms with Crippen molar-refractivity contribution in [2.75, 3.05) is 18.0 Å². The van der Waals surface area contributed by atoms with E-state index in [9.17, 15) is 4.39 Å². The number of nitrogens with zero attached hydrogens (tertiary/aromatic N) is 3. The Kier molecular flexibility index (Phi) is 9.08. The minimum absolute atomic E-state index is 0.224. The fourth-order valence-corrected chi connectivity index (χ4v) is 3.12. The number of aromatic nitrogens is 4. The van der Waals surface area contributed by atoms with Gasteiger partial charge in [0.25, 0.3) is 0 Å². The summed E-state index contributed by atoms with van der Waals surface area (Å²) >= 11 is 0. The van der Waals surface area contributed by atoms with E-state index in [0.717, 1.165) is 17.7 Å². The van der Waals surface area contributed by atoms with Crippen LogP contribution >= 0.6 is 8.38 Å². The molecule has 0 bridgehead atoms. The van der Waals surface area contributed by atoms with Crippen molar-refractivity contribution in [2.45, 2.75) is 47.0 Å². The SMILES string of the molecule is CC(C)C.CC(C)c1cnc(-c2c[nH]c3ncc(F)cc23)nc1NCCCP(O)O. The van der Waals surface area contributed by atoms with Crippen LogP contribution in [-0.4, -0.2) is 42.4 Å². The summed E-state index contributed by atoms with van der Waals surface area (Å²) in [6, 6.07) is 1.41. The van der Waals surface area contributed by atoms with E-state index in [1.54, 1.807) is 12.4 Å². The van der Waals surface area contributed by atoms with E-state index in [2.05, 4.69) is 59.9 Å². The van der Waals surface area contributed by atoms with E-state index in [1.165, 1.54) is 6.07 Å². The number of anilines is 1. The van der Waals surface area contributed by atoms with Gasteiger partial charge in [0.2, 0.25) is 0 Å². The van der Waals surface area contributed by atoms with Crippen molar-refractivity contribution in [1.29, 1.82) is 0 Å². The Morgan fingerprint density at radius 2 is 1.83 bits per heavy atom. The van der Waals surface area contributed by atoms with E-state index < -0.39 is 14.2 Å². The molecule has 0 amide bonds. The third-order valence-corrected chi connectivity index (χ3v) is 4.72. The summed E-state index contributed by atoms with van der Waals surface area (Å²) < 4.78 is 13.6. The normalized spacial score (nSPS) is 11.3. The molecule has 0 radical (unpaired) electrons. The van der Waals surface area contributed by atoms with Gasteiger partial charge in [0, 0.05) is 41.6 Å². The lowest BCUT2D eigenvalue weighted by Crippen LogP contribution is -2.09. The third kappa shape index (κ3) is 6.97. The average Bonchev–Trinajstić information content (AvgIpc) is 3.07. The van der Waals surface area contributed by atoms with Gasteiger partial charge in [-0.15, -0.1) is 0 Å². The average molecular weight is 435 g/mol. The monoisotopic (exact) mass is 435 g/mol. The first-order chi connectivity index (χ1) is 14.2. The van der Waals surface area contributed by atoms with Crippen LogP contribution in [0.2, 0.25) is 0 Å². The predicted molar refractivity (Wildman–Crippen MR) is 121 cm³/mol. The van der Waals surface area contributed by atoms with Gasteiger partial charge in [-0.1, -0.05) is 34.6 Å². The van der Waals surface area contributed by atoms with Crippen LogP contribution in [0.1, 0.15) is 52.5 Å². The summed E-state index contributed by atoms with van der Waals surface area (Å²) in [7, 11) is -1.88. The Hall–Kier alpha value is -2.15. The molecule has 0 aliphatic rings. The summed E-state index contributed by atoms with van der Waals surface area (Å²) in [5, 5.41) is 3.87. The van der Waals surface area contributed by atoms with Crippen LogP contribution in [0.4, 0.5) is 10.2 Å². The Morgan fingerprint density at radius 3 is 2.47 bits per heavy atom. The molecule has 3 rings (SSSR count). The Morgan fingerprint density at radius 1 is 1.13 bits per heavy atom. The van der Waals surface area contributed by atoms with Gasteiger partial charge < -0.3 is 20.1 Å². The first-order valence-electron chi connectivity index (χ1n) is 10.1. The molecule has 0 unspecified atom stereocenters. The van der Waals surface area contributed by atoms with Crippen molar-refractivity contribution in [3.63, 3.8) is 0 Å². The maximum absolute atomic E-state index is 13.6. The topological polar surface area (TPSA) is 107 Å². The molecule has 164 valence electrons. The van der Waals surface area contributed by atoms with Crippen molar-refractivity contribution in [3.8, 4) is 11.4 Å². The molecule has 0 saturated carbocycles. The molecule has 0 aliphatic carbocycles. The Labute approximate surface area is 178 Å². The fraction of sp³-hybridized carbons (Fsp3) is 0.476. The van der Waals surface area contributed by atoms with E-state index in [-0.39, 0.29) is 5.92 Å². The zero-order chi connectivity index (χ0) is 22.3.